The summed E-state index contributed by atoms with van der Waals surface area (Å²) in [6.07, 6.45) is -2.96. The number of aromatic nitrogens is 2. The number of nitro groups is 1. The van der Waals surface area contributed by atoms with Crippen molar-refractivity contribution >= 4 is 38.3 Å². The zero-order chi connectivity index (χ0) is 22.9. The molecule has 0 N–H and O–H groups in total. The van der Waals surface area contributed by atoms with Crippen molar-refractivity contribution in [3.63, 3.8) is 0 Å². The zero-order valence-electron chi connectivity index (χ0n) is 16.1. The molecule has 0 unspecified atom stereocenters. The van der Waals surface area contributed by atoms with Crippen LogP contribution in [0.4, 0.5) is 24.0 Å². The van der Waals surface area contributed by atoms with Gasteiger partial charge in [-0.15, -0.1) is 0 Å². The van der Waals surface area contributed by atoms with Gasteiger partial charge in [-0.05, 0) is 42.5 Å². The second-order valence-electron chi connectivity index (χ2n) is 6.69. The van der Waals surface area contributed by atoms with Crippen LogP contribution in [0.15, 0.2) is 66.9 Å². The first-order valence-electron chi connectivity index (χ1n) is 9.16. The Labute approximate surface area is 182 Å². The SMILES string of the molecule is O=C(c1ccc(C(F)(F)F)cc1)N(Cc1ccccn1)c1nc2ccc([N+](=O)[O-])cc2s1. The number of hydrogen-bond acceptors (Lipinski definition) is 6. The number of rotatable bonds is 5. The minimum Gasteiger partial charge on any atom is -0.278 e. The number of halogens is 3. The normalized spacial score (nSPS) is 11.5. The molecule has 162 valence electrons. The van der Waals surface area contributed by atoms with Crippen LogP contribution in [0.3, 0.4) is 0 Å². The first-order valence-corrected chi connectivity index (χ1v) is 9.98. The van der Waals surface area contributed by atoms with E-state index < -0.39 is 22.6 Å². The number of benzene rings is 2. The maximum atomic E-state index is 13.2. The molecule has 0 atom stereocenters. The number of non-ortho nitro benzene ring substituents is 1. The second kappa shape index (κ2) is 8.35. The van der Waals surface area contributed by atoms with Crippen LogP contribution in [0.5, 0.6) is 0 Å². The lowest BCUT2D eigenvalue weighted by Crippen LogP contribution is -2.30. The summed E-state index contributed by atoms with van der Waals surface area (Å²) in [4.78, 5) is 33.7. The van der Waals surface area contributed by atoms with E-state index in [2.05, 4.69) is 9.97 Å². The summed E-state index contributed by atoms with van der Waals surface area (Å²) in [6, 6.07) is 13.2. The van der Waals surface area contributed by atoms with Gasteiger partial charge in [-0.3, -0.25) is 24.8 Å². The summed E-state index contributed by atoms with van der Waals surface area (Å²) in [5.41, 5.74) is 0.0645. The Morgan fingerprint density at radius 1 is 1.09 bits per heavy atom. The lowest BCUT2D eigenvalue weighted by Gasteiger charge is -2.20. The average molecular weight is 458 g/mol. The molecule has 0 aliphatic rings. The molecule has 0 bridgehead atoms. The number of alkyl halides is 3. The molecule has 4 rings (SSSR count). The van der Waals surface area contributed by atoms with Crippen molar-refractivity contribution in [2.75, 3.05) is 4.90 Å². The molecule has 0 aliphatic heterocycles. The Kier molecular flexibility index (Phi) is 5.57. The summed E-state index contributed by atoms with van der Waals surface area (Å²) < 4.78 is 39.1. The summed E-state index contributed by atoms with van der Waals surface area (Å²) in [7, 11) is 0. The number of pyridine rings is 1. The van der Waals surface area contributed by atoms with E-state index in [0.29, 0.717) is 15.9 Å². The van der Waals surface area contributed by atoms with E-state index in [9.17, 15) is 28.1 Å². The van der Waals surface area contributed by atoms with Gasteiger partial charge in [0.25, 0.3) is 11.6 Å². The maximum absolute atomic E-state index is 13.2. The van der Waals surface area contributed by atoms with E-state index in [1.807, 2.05) is 0 Å². The summed E-state index contributed by atoms with van der Waals surface area (Å²) in [5.74, 6) is -0.571. The highest BCUT2D eigenvalue weighted by molar-refractivity contribution is 7.22. The maximum Gasteiger partial charge on any atom is 0.416 e. The average Bonchev–Trinajstić information content (AvgIpc) is 3.20. The molecular weight excluding hydrogens is 445 g/mol. The Hall–Kier alpha value is -3.86. The highest BCUT2D eigenvalue weighted by Crippen LogP contribution is 2.33. The molecule has 11 heteroatoms. The topological polar surface area (TPSA) is 89.2 Å². The van der Waals surface area contributed by atoms with Crippen LogP contribution in [-0.4, -0.2) is 20.8 Å². The number of nitro benzene ring substituents is 1. The number of anilines is 1. The third kappa shape index (κ3) is 4.42. The van der Waals surface area contributed by atoms with Crippen molar-refractivity contribution in [2.45, 2.75) is 12.7 Å². The minimum atomic E-state index is -4.52. The van der Waals surface area contributed by atoms with Gasteiger partial charge < -0.3 is 0 Å². The van der Waals surface area contributed by atoms with Gasteiger partial charge in [0.2, 0.25) is 0 Å². The van der Waals surface area contributed by atoms with E-state index in [1.54, 1.807) is 24.4 Å². The van der Waals surface area contributed by atoms with Crippen LogP contribution in [0.25, 0.3) is 10.2 Å². The molecule has 0 spiro atoms. The Morgan fingerprint density at radius 3 is 2.47 bits per heavy atom. The third-order valence-electron chi connectivity index (χ3n) is 4.55. The fourth-order valence-electron chi connectivity index (χ4n) is 2.97. The molecular formula is C21H13F3N4O3S. The molecule has 2 aromatic carbocycles. The number of hydrogen-bond donors (Lipinski definition) is 0. The predicted octanol–water partition coefficient (Wildman–Crippen LogP) is 5.47. The standard InChI is InChI=1S/C21H13F3N4O3S/c22-21(23,24)14-6-4-13(5-7-14)19(29)27(12-15-3-1-2-10-25-15)20-26-17-9-8-16(28(30)31)11-18(17)32-20/h1-11H,12H2. The van der Waals surface area contributed by atoms with Crippen LogP contribution in [0, 0.1) is 10.1 Å². The van der Waals surface area contributed by atoms with Gasteiger partial charge in [-0.25, -0.2) is 4.98 Å². The third-order valence-corrected chi connectivity index (χ3v) is 5.59. The van der Waals surface area contributed by atoms with Crippen LogP contribution < -0.4 is 4.90 Å². The van der Waals surface area contributed by atoms with Gasteiger partial charge in [-0.1, -0.05) is 17.4 Å². The number of nitrogens with zero attached hydrogens (tertiary/aromatic N) is 4. The number of amides is 1. The molecule has 0 fully saturated rings. The van der Waals surface area contributed by atoms with Crippen LogP contribution >= 0.6 is 11.3 Å². The Bertz CT molecular complexity index is 1290. The summed E-state index contributed by atoms with van der Waals surface area (Å²) >= 11 is 1.07. The Morgan fingerprint density at radius 2 is 1.84 bits per heavy atom. The summed E-state index contributed by atoms with van der Waals surface area (Å²) in [5, 5.41) is 11.3. The molecule has 32 heavy (non-hydrogen) atoms. The van der Waals surface area contributed by atoms with Crippen LogP contribution in [-0.2, 0) is 12.7 Å². The number of fused-ring (bicyclic) bond motifs is 1. The number of carbonyl (C=O) groups excluding carboxylic acids is 1. The lowest BCUT2D eigenvalue weighted by molar-refractivity contribution is -0.384. The van der Waals surface area contributed by atoms with Crippen molar-refractivity contribution in [1.29, 1.82) is 0 Å². The Balaban J connectivity index is 1.74. The number of carbonyl (C=O) groups is 1. The van der Waals surface area contributed by atoms with Crippen LogP contribution in [0.1, 0.15) is 21.6 Å². The van der Waals surface area contributed by atoms with E-state index in [-0.39, 0.29) is 22.9 Å². The highest BCUT2D eigenvalue weighted by atomic mass is 32.1. The first-order chi connectivity index (χ1) is 15.2. The van der Waals surface area contributed by atoms with Crippen molar-refractivity contribution in [3.8, 4) is 0 Å². The van der Waals surface area contributed by atoms with E-state index >= 15 is 0 Å². The molecule has 2 heterocycles. The van der Waals surface area contributed by atoms with Gasteiger partial charge in [-0.2, -0.15) is 13.2 Å². The molecule has 0 saturated heterocycles. The molecule has 1 amide bonds. The molecule has 7 nitrogen and oxygen atoms in total. The second-order valence-corrected chi connectivity index (χ2v) is 7.70. The summed E-state index contributed by atoms with van der Waals surface area (Å²) in [6.45, 7) is 0.0165. The van der Waals surface area contributed by atoms with Gasteiger partial charge >= 0.3 is 6.18 Å². The fraction of sp³-hybridized carbons (Fsp3) is 0.0952. The van der Waals surface area contributed by atoms with Gasteiger partial charge in [0.05, 0.1) is 32.9 Å². The van der Waals surface area contributed by atoms with Gasteiger partial charge in [0.1, 0.15) is 0 Å². The first kappa shape index (κ1) is 21.4. The van der Waals surface area contributed by atoms with E-state index in [0.717, 1.165) is 35.6 Å². The monoisotopic (exact) mass is 458 g/mol. The molecule has 0 aliphatic carbocycles. The zero-order valence-corrected chi connectivity index (χ0v) is 16.9. The van der Waals surface area contributed by atoms with Crippen molar-refractivity contribution < 1.29 is 22.9 Å². The van der Waals surface area contributed by atoms with Crippen molar-refractivity contribution in [1.82, 2.24) is 9.97 Å². The predicted molar refractivity (Wildman–Crippen MR) is 112 cm³/mol. The molecule has 2 aromatic heterocycles. The van der Waals surface area contributed by atoms with Gasteiger partial charge in [0.15, 0.2) is 5.13 Å². The largest absolute Gasteiger partial charge is 0.416 e. The van der Waals surface area contributed by atoms with E-state index in [1.165, 1.54) is 23.1 Å². The molecule has 4 aromatic rings. The van der Waals surface area contributed by atoms with Crippen LogP contribution in [0.2, 0.25) is 0 Å². The minimum absolute atomic E-state index is 0.0165. The molecule has 0 saturated carbocycles. The fourth-order valence-corrected chi connectivity index (χ4v) is 3.96. The van der Waals surface area contributed by atoms with E-state index in [4.69, 9.17) is 0 Å². The van der Waals surface area contributed by atoms with Crippen molar-refractivity contribution in [2.24, 2.45) is 0 Å². The molecule has 0 radical (unpaired) electrons. The van der Waals surface area contributed by atoms with Gasteiger partial charge in [0, 0.05) is 23.9 Å². The lowest BCUT2D eigenvalue weighted by atomic mass is 10.1. The highest BCUT2D eigenvalue weighted by Gasteiger charge is 2.31. The van der Waals surface area contributed by atoms with Crippen molar-refractivity contribution in [3.05, 3.63) is 93.8 Å². The quantitative estimate of drug-likeness (QED) is 0.292. The number of thiazole rings is 1. The smallest absolute Gasteiger partial charge is 0.278 e.